The van der Waals surface area contributed by atoms with Gasteiger partial charge in [-0.15, -0.1) is 0 Å². The molecule has 0 aliphatic carbocycles. The molecular weight excluding hydrogens is 330 g/mol. The van der Waals surface area contributed by atoms with Gasteiger partial charge >= 0.3 is 0 Å². The van der Waals surface area contributed by atoms with E-state index in [-0.39, 0.29) is 0 Å². The summed E-state index contributed by atoms with van der Waals surface area (Å²) in [5.74, 6) is 0.725. The molecule has 0 atom stereocenters. The molecule has 0 aliphatic rings. The van der Waals surface area contributed by atoms with Gasteiger partial charge in [-0.1, -0.05) is 66.7 Å². The smallest absolute Gasteiger partial charge is 0.135 e. The van der Waals surface area contributed by atoms with E-state index in [1.165, 1.54) is 21.9 Å². The molecule has 0 spiro atoms. The minimum Gasteiger partial charge on any atom is -0.398 e. The SMILES string of the molecule is C=C(C=C(C)C)NC(=NCc1cccc2ccccc12)c1ccccc1N. The molecule has 0 aliphatic heterocycles. The Bertz CT molecular complexity index is 1020. The van der Waals surface area contributed by atoms with Crippen LogP contribution in [0.15, 0.2) is 95.6 Å². The maximum absolute atomic E-state index is 6.19. The van der Waals surface area contributed by atoms with E-state index >= 15 is 0 Å². The summed E-state index contributed by atoms with van der Waals surface area (Å²) >= 11 is 0. The topological polar surface area (TPSA) is 50.4 Å². The van der Waals surface area contributed by atoms with E-state index in [0.717, 1.165) is 17.1 Å². The number of nitrogens with two attached hydrogens (primary N) is 1. The molecular formula is C24H25N3. The lowest BCUT2D eigenvalue weighted by Crippen LogP contribution is -2.24. The number of nitrogen functional groups attached to an aromatic ring is 1. The molecule has 3 rings (SSSR count). The van der Waals surface area contributed by atoms with Crippen molar-refractivity contribution >= 4 is 22.3 Å². The number of allylic oxidation sites excluding steroid dienone is 2. The van der Waals surface area contributed by atoms with Crippen molar-refractivity contribution in [2.24, 2.45) is 4.99 Å². The number of anilines is 1. The number of amidine groups is 1. The molecule has 3 heteroatoms. The minimum absolute atomic E-state index is 0.556. The molecule has 3 aromatic carbocycles. The van der Waals surface area contributed by atoms with Gasteiger partial charge in [0.05, 0.1) is 6.54 Å². The fraction of sp³-hybridized carbons (Fsp3) is 0.125. The Morgan fingerprint density at radius 3 is 2.48 bits per heavy atom. The molecule has 0 bridgehead atoms. The predicted octanol–water partition coefficient (Wildman–Crippen LogP) is 5.44. The third-order valence-corrected chi connectivity index (χ3v) is 4.25. The summed E-state index contributed by atoms with van der Waals surface area (Å²) in [6.45, 7) is 8.72. The number of rotatable bonds is 5. The number of hydrogen-bond acceptors (Lipinski definition) is 2. The number of para-hydroxylation sites is 1. The van der Waals surface area contributed by atoms with Crippen molar-refractivity contribution in [3.8, 4) is 0 Å². The molecule has 0 saturated carbocycles. The monoisotopic (exact) mass is 355 g/mol. The lowest BCUT2D eigenvalue weighted by atomic mass is 10.0. The van der Waals surface area contributed by atoms with Crippen LogP contribution in [0.25, 0.3) is 10.8 Å². The van der Waals surface area contributed by atoms with Crippen molar-refractivity contribution in [2.45, 2.75) is 20.4 Å². The van der Waals surface area contributed by atoms with Crippen molar-refractivity contribution in [1.29, 1.82) is 0 Å². The van der Waals surface area contributed by atoms with Gasteiger partial charge in [0.25, 0.3) is 0 Å². The zero-order valence-corrected chi connectivity index (χ0v) is 15.9. The van der Waals surface area contributed by atoms with E-state index < -0.39 is 0 Å². The normalized spacial score (nSPS) is 11.3. The highest BCUT2D eigenvalue weighted by atomic mass is 15.0. The van der Waals surface area contributed by atoms with E-state index in [4.69, 9.17) is 10.7 Å². The van der Waals surface area contributed by atoms with Crippen LogP contribution in [0.2, 0.25) is 0 Å². The Morgan fingerprint density at radius 2 is 1.70 bits per heavy atom. The van der Waals surface area contributed by atoms with Gasteiger partial charge in [-0.25, -0.2) is 0 Å². The van der Waals surface area contributed by atoms with Crippen molar-refractivity contribution in [3.63, 3.8) is 0 Å². The Labute approximate surface area is 160 Å². The molecule has 3 N–H and O–H groups in total. The van der Waals surface area contributed by atoms with Crippen LogP contribution in [0, 0.1) is 0 Å². The van der Waals surface area contributed by atoms with Gasteiger partial charge < -0.3 is 11.1 Å². The molecule has 0 fully saturated rings. The van der Waals surface area contributed by atoms with Crippen molar-refractivity contribution in [3.05, 3.63) is 102 Å². The van der Waals surface area contributed by atoms with Gasteiger partial charge in [0.15, 0.2) is 0 Å². The summed E-state index contributed by atoms with van der Waals surface area (Å²) in [6.07, 6.45) is 1.99. The van der Waals surface area contributed by atoms with Gasteiger partial charge in [0.2, 0.25) is 0 Å². The van der Waals surface area contributed by atoms with E-state index in [1.54, 1.807) is 0 Å². The van der Waals surface area contributed by atoms with Gasteiger partial charge in [-0.05, 0) is 48.4 Å². The highest BCUT2D eigenvalue weighted by Gasteiger charge is 2.08. The van der Waals surface area contributed by atoms with Crippen LogP contribution in [0.3, 0.4) is 0 Å². The second-order valence-corrected chi connectivity index (χ2v) is 6.76. The molecule has 136 valence electrons. The van der Waals surface area contributed by atoms with Crippen LogP contribution < -0.4 is 11.1 Å². The largest absolute Gasteiger partial charge is 0.398 e. The van der Waals surface area contributed by atoms with Gasteiger partial charge in [-0.2, -0.15) is 0 Å². The van der Waals surface area contributed by atoms with Crippen LogP contribution in [-0.4, -0.2) is 5.84 Å². The van der Waals surface area contributed by atoms with Crippen LogP contribution in [0.4, 0.5) is 5.69 Å². The molecule has 0 heterocycles. The summed E-state index contributed by atoms with van der Waals surface area (Å²) in [5.41, 5.74) is 10.9. The first-order chi connectivity index (χ1) is 13.0. The number of nitrogens with one attached hydrogen (secondary N) is 1. The number of aliphatic imine (C=N–C) groups is 1. The standard InChI is InChI=1S/C24H25N3/c1-17(2)15-18(3)27-24(22-13-6-7-14-23(22)25)26-16-20-11-8-10-19-9-4-5-12-21(19)20/h4-15H,3,16,25H2,1-2H3,(H,26,27). The van der Waals surface area contributed by atoms with Gasteiger partial charge in [0, 0.05) is 16.9 Å². The summed E-state index contributed by atoms with van der Waals surface area (Å²) < 4.78 is 0. The number of fused-ring (bicyclic) bond motifs is 1. The highest BCUT2D eigenvalue weighted by Crippen LogP contribution is 2.20. The molecule has 0 unspecified atom stereocenters. The van der Waals surface area contributed by atoms with Crippen molar-refractivity contribution in [1.82, 2.24) is 5.32 Å². The van der Waals surface area contributed by atoms with Crippen LogP contribution in [0.1, 0.15) is 25.0 Å². The lowest BCUT2D eigenvalue weighted by Gasteiger charge is -2.13. The minimum atomic E-state index is 0.556. The Hall–Kier alpha value is -3.33. The molecule has 27 heavy (non-hydrogen) atoms. The molecule has 3 nitrogen and oxygen atoms in total. The number of nitrogens with zero attached hydrogens (tertiary/aromatic N) is 1. The zero-order valence-electron chi connectivity index (χ0n) is 15.9. The fourth-order valence-corrected chi connectivity index (χ4v) is 3.04. The molecule has 0 saturated heterocycles. The lowest BCUT2D eigenvalue weighted by molar-refractivity contribution is 1.04. The average Bonchev–Trinajstić information content (AvgIpc) is 2.65. The van der Waals surface area contributed by atoms with Crippen molar-refractivity contribution in [2.75, 3.05) is 5.73 Å². The first kappa shape index (κ1) is 18.5. The fourth-order valence-electron chi connectivity index (χ4n) is 3.04. The maximum Gasteiger partial charge on any atom is 0.135 e. The highest BCUT2D eigenvalue weighted by molar-refractivity contribution is 6.04. The number of hydrogen-bond donors (Lipinski definition) is 2. The Balaban J connectivity index is 1.98. The quantitative estimate of drug-likeness (QED) is 0.277. The second kappa shape index (κ2) is 8.37. The van der Waals surface area contributed by atoms with Crippen LogP contribution in [0.5, 0.6) is 0 Å². The molecule has 3 aromatic rings. The summed E-state index contributed by atoms with van der Waals surface area (Å²) in [7, 11) is 0. The van der Waals surface area contributed by atoms with Crippen molar-refractivity contribution < 1.29 is 0 Å². The first-order valence-electron chi connectivity index (χ1n) is 9.01. The van der Waals surface area contributed by atoms with E-state index in [2.05, 4.69) is 54.4 Å². The third-order valence-electron chi connectivity index (χ3n) is 4.25. The maximum atomic E-state index is 6.19. The molecule has 0 aromatic heterocycles. The third kappa shape index (κ3) is 4.64. The number of benzene rings is 3. The Morgan fingerprint density at radius 1 is 1.00 bits per heavy atom. The Kier molecular flexibility index (Phi) is 5.72. The average molecular weight is 355 g/mol. The van der Waals surface area contributed by atoms with Crippen LogP contribution >= 0.6 is 0 Å². The zero-order chi connectivity index (χ0) is 19.2. The molecule has 0 amide bonds. The van der Waals surface area contributed by atoms with Crippen LogP contribution in [-0.2, 0) is 6.54 Å². The van der Waals surface area contributed by atoms with E-state index in [0.29, 0.717) is 12.2 Å². The van der Waals surface area contributed by atoms with E-state index in [9.17, 15) is 0 Å². The second-order valence-electron chi connectivity index (χ2n) is 6.76. The summed E-state index contributed by atoms with van der Waals surface area (Å²) in [6, 6.07) is 22.4. The molecule has 0 radical (unpaired) electrons. The summed E-state index contributed by atoms with van der Waals surface area (Å²) in [5, 5.41) is 5.75. The van der Waals surface area contributed by atoms with Gasteiger partial charge in [0.1, 0.15) is 5.84 Å². The summed E-state index contributed by atoms with van der Waals surface area (Å²) in [4.78, 5) is 4.86. The van der Waals surface area contributed by atoms with E-state index in [1.807, 2.05) is 44.2 Å². The first-order valence-corrected chi connectivity index (χ1v) is 9.01. The predicted molar refractivity (Wildman–Crippen MR) is 117 cm³/mol. The van der Waals surface area contributed by atoms with Gasteiger partial charge in [-0.3, -0.25) is 4.99 Å².